The van der Waals surface area contributed by atoms with Crippen LogP contribution in [0.5, 0.6) is 0 Å². The van der Waals surface area contributed by atoms with E-state index in [-0.39, 0.29) is 24.7 Å². The number of likely N-dealkylation sites (tertiary alicyclic amines) is 1. The molecule has 186 valence electrons. The molecule has 1 aromatic rings. The average molecular weight is 499 g/mol. The number of nitrogens with zero attached hydrogens (tertiary/aromatic N) is 4. The number of carbonyl (C=O) groups is 1. The van der Waals surface area contributed by atoms with E-state index in [9.17, 15) is 26.4 Å². The molecule has 7 nitrogen and oxygen atoms in total. The zero-order chi connectivity index (χ0) is 24.7. The third-order valence-electron chi connectivity index (χ3n) is 7.64. The molecule has 3 heterocycles. The van der Waals surface area contributed by atoms with E-state index in [1.54, 1.807) is 13.0 Å². The van der Waals surface area contributed by atoms with Gasteiger partial charge in [0.2, 0.25) is 15.9 Å². The fourth-order valence-electron chi connectivity index (χ4n) is 5.59. The molecule has 11 heteroatoms. The van der Waals surface area contributed by atoms with Gasteiger partial charge in [-0.1, -0.05) is 0 Å². The largest absolute Gasteiger partial charge is 0.417 e. The zero-order valence-electron chi connectivity index (χ0n) is 19.1. The molecule has 0 aliphatic carbocycles. The Bertz CT molecular complexity index is 1090. The lowest BCUT2D eigenvalue weighted by Crippen LogP contribution is -2.49. The van der Waals surface area contributed by atoms with E-state index in [4.69, 9.17) is 5.26 Å². The van der Waals surface area contributed by atoms with Crippen LogP contribution < -0.4 is 4.90 Å². The van der Waals surface area contributed by atoms with Gasteiger partial charge in [0, 0.05) is 50.4 Å². The topological polar surface area (TPSA) is 84.7 Å². The predicted octanol–water partition coefficient (Wildman–Crippen LogP) is 3.07. The molecule has 3 aliphatic heterocycles. The van der Waals surface area contributed by atoms with Gasteiger partial charge in [-0.05, 0) is 50.8 Å². The van der Waals surface area contributed by atoms with Crippen molar-refractivity contribution >= 4 is 21.6 Å². The summed E-state index contributed by atoms with van der Waals surface area (Å²) in [7, 11) is -3.47. The molecule has 1 atom stereocenters. The lowest BCUT2D eigenvalue weighted by atomic mass is 9.70. The van der Waals surface area contributed by atoms with Gasteiger partial charge >= 0.3 is 6.18 Å². The molecule has 1 spiro atoms. The SMILES string of the molecule is CCS(=O)(=O)N1CC(C(=O)N2CCCC2)C2(CCN(c3ccc(C#N)c(C(F)(F)F)c3)CC2)C1. The normalized spacial score (nSPS) is 23.4. The van der Waals surface area contributed by atoms with Crippen LogP contribution >= 0.6 is 0 Å². The van der Waals surface area contributed by atoms with Crippen molar-refractivity contribution in [3.63, 3.8) is 0 Å². The predicted molar refractivity (Wildman–Crippen MR) is 120 cm³/mol. The maximum atomic E-state index is 13.4. The van der Waals surface area contributed by atoms with Crippen molar-refractivity contribution in [2.24, 2.45) is 11.3 Å². The Balaban J connectivity index is 1.58. The van der Waals surface area contributed by atoms with Crippen LogP contribution in [0.3, 0.4) is 0 Å². The number of piperidine rings is 1. The average Bonchev–Trinajstić information content (AvgIpc) is 3.47. The second-order valence-corrected chi connectivity index (χ2v) is 11.7. The maximum absolute atomic E-state index is 13.4. The monoisotopic (exact) mass is 498 g/mol. The Morgan fingerprint density at radius 2 is 1.82 bits per heavy atom. The number of rotatable bonds is 4. The van der Waals surface area contributed by atoms with Crippen molar-refractivity contribution in [3.05, 3.63) is 29.3 Å². The highest BCUT2D eigenvalue weighted by atomic mass is 32.2. The third-order valence-corrected chi connectivity index (χ3v) is 9.44. The minimum Gasteiger partial charge on any atom is -0.371 e. The van der Waals surface area contributed by atoms with E-state index in [1.807, 2.05) is 9.80 Å². The number of hydrogen-bond donors (Lipinski definition) is 0. The third kappa shape index (κ3) is 4.50. The minimum atomic E-state index is -4.63. The first kappa shape index (κ1) is 24.8. The molecule has 3 fully saturated rings. The van der Waals surface area contributed by atoms with Crippen LogP contribution in [0.1, 0.15) is 43.7 Å². The van der Waals surface area contributed by atoms with Gasteiger partial charge < -0.3 is 9.80 Å². The van der Waals surface area contributed by atoms with E-state index in [2.05, 4.69) is 0 Å². The molecule has 3 aliphatic rings. The number of anilines is 1. The molecule has 3 saturated heterocycles. The van der Waals surface area contributed by atoms with Crippen molar-refractivity contribution in [1.29, 1.82) is 5.26 Å². The summed E-state index contributed by atoms with van der Waals surface area (Å²) in [5.41, 5.74) is -1.54. The number of carbonyl (C=O) groups excluding carboxylic acids is 1. The summed E-state index contributed by atoms with van der Waals surface area (Å²) in [5.74, 6) is -0.482. The highest BCUT2D eigenvalue weighted by Gasteiger charge is 2.54. The van der Waals surface area contributed by atoms with E-state index >= 15 is 0 Å². The van der Waals surface area contributed by atoms with Gasteiger partial charge in [-0.15, -0.1) is 0 Å². The van der Waals surface area contributed by atoms with Crippen LogP contribution in [0.4, 0.5) is 18.9 Å². The van der Waals surface area contributed by atoms with Gasteiger partial charge in [0.1, 0.15) is 0 Å². The van der Waals surface area contributed by atoms with Crippen LogP contribution in [-0.2, 0) is 21.0 Å². The molecule has 34 heavy (non-hydrogen) atoms. The second-order valence-electron chi connectivity index (χ2n) is 9.47. The Labute approximate surface area is 198 Å². The molecule has 1 aromatic carbocycles. The second kappa shape index (κ2) is 9.04. The molecular formula is C23H29F3N4O3S. The van der Waals surface area contributed by atoms with Crippen LogP contribution in [0.15, 0.2) is 18.2 Å². The van der Waals surface area contributed by atoms with Crippen molar-refractivity contribution in [3.8, 4) is 6.07 Å². The lowest BCUT2D eigenvalue weighted by Gasteiger charge is -2.43. The van der Waals surface area contributed by atoms with E-state index in [0.717, 1.165) is 18.9 Å². The van der Waals surface area contributed by atoms with Crippen molar-refractivity contribution in [2.75, 3.05) is 49.9 Å². The summed E-state index contributed by atoms with van der Waals surface area (Å²) >= 11 is 0. The molecule has 0 saturated carbocycles. The van der Waals surface area contributed by atoms with E-state index < -0.39 is 38.7 Å². The Morgan fingerprint density at radius 3 is 2.38 bits per heavy atom. The molecule has 0 aromatic heterocycles. The highest BCUT2D eigenvalue weighted by molar-refractivity contribution is 7.89. The van der Waals surface area contributed by atoms with Gasteiger partial charge in [-0.2, -0.15) is 18.4 Å². The molecule has 0 bridgehead atoms. The number of sulfonamides is 1. The highest BCUT2D eigenvalue weighted by Crippen LogP contribution is 2.47. The van der Waals surface area contributed by atoms with Gasteiger partial charge in [-0.25, -0.2) is 12.7 Å². The number of halogens is 3. The van der Waals surface area contributed by atoms with Gasteiger partial charge in [0.05, 0.1) is 28.9 Å². The fraction of sp³-hybridized carbons (Fsp3) is 0.652. The summed E-state index contributed by atoms with van der Waals surface area (Å²) in [6.45, 7) is 4.21. The van der Waals surface area contributed by atoms with Crippen LogP contribution in [0.25, 0.3) is 0 Å². The lowest BCUT2D eigenvalue weighted by molar-refractivity contribution is -0.138. The van der Waals surface area contributed by atoms with Crippen LogP contribution in [-0.4, -0.2) is 68.6 Å². The van der Waals surface area contributed by atoms with E-state index in [1.165, 1.54) is 16.4 Å². The Morgan fingerprint density at radius 1 is 1.18 bits per heavy atom. The molecule has 0 radical (unpaired) electrons. The number of amides is 1. The summed E-state index contributed by atoms with van der Waals surface area (Å²) < 4.78 is 67.0. The van der Waals surface area contributed by atoms with Crippen molar-refractivity contribution in [1.82, 2.24) is 9.21 Å². The van der Waals surface area contributed by atoms with Gasteiger partial charge in [0.15, 0.2) is 0 Å². The van der Waals surface area contributed by atoms with Crippen molar-refractivity contribution < 1.29 is 26.4 Å². The van der Waals surface area contributed by atoms with Crippen molar-refractivity contribution in [2.45, 2.75) is 38.8 Å². The molecule has 1 unspecified atom stereocenters. The summed E-state index contributed by atoms with van der Waals surface area (Å²) in [5, 5.41) is 9.05. The molecule has 4 rings (SSSR count). The smallest absolute Gasteiger partial charge is 0.371 e. The van der Waals surface area contributed by atoms with Gasteiger partial charge in [0.25, 0.3) is 0 Å². The number of hydrogen-bond acceptors (Lipinski definition) is 5. The quantitative estimate of drug-likeness (QED) is 0.637. The van der Waals surface area contributed by atoms with E-state index in [0.29, 0.717) is 44.7 Å². The molecule has 0 N–H and O–H groups in total. The maximum Gasteiger partial charge on any atom is 0.417 e. The molecular weight excluding hydrogens is 469 g/mol. The summed E-state index contributed by atoms with van der Waals surface area (Å²) in [6, 6.07) is 5.31. The minimum absolute atomic E-state index is 0.00233. The van der Waals surface area contributed by atoms with Crippen LogP contribution in [0.2, 0.25) is 0 Å². The fourth-order valence-corrected chi connectivity index (χ4v) is 6.79. The van der Waals surface area contributed by atoms with Gasteiger partial charge in [-0.3, -0.25) is 4.79 Å². The van der Waals surface area contributed by atoms with Crippen LogP contribution in [0, 0.1) is 22.7 Å². The number of alkyl halides is 3. The first-order valence-electron chi connectivity index (χ1n) is 11.6. The first-order valence-corrected chi connectivity index (χ1v) is 13.2. The standard InChI is InChI=1S/C23H29F3N4O3S/c1-2-34(32,33)30-15-20(21(31)29-9-3-4-10-29)22(16-30)7-11-28(12-8-22)18-6-5-17(14-27)19(13-18)23(24,25)26/h5-6,13,20H,2-4,7-12,15-16H2,1H3. The summed E-state index contributed by atoms with van der Waals surface area (Å²) in [4.78, 5) is 17.1. The summed E-state index contributed by atoms with van der Waals surface area (Å²) in [6.07, 6.45) is -1.73. The number of nitriles is 1. The zero-order valence-corrected chi connectivity index (χ0v) is 20.0. The number of benzene rings is 1. The Kier molecular flexibility index (Phi) is 6.59. The Hall–Kier alpha value is -2.32. The molecule has 1 amide bonds. The first-order chi connectivity index (χ1) is 16.0.